The van der Waals surface area contributed by atoms with Crippen LogP contribution >= 0.6 is 0 Å². The molecule has 0 amide bonds. The summed E-state index contributed by atoms with van der Waals surface area (Å²) in [6, 6.07) is 10.1. The number of aldehydes is 1. The molecule has 0 spiro atoms. The van der Waals surface area contributed by atoms with Crippen LogP contribution in [0.1, 0.15) is 37.7 Å². The van der Waals surface area contributed by atoms with Gasteiger partial charge in [0.05, 0.1) is 12.7 Å². The van der Waals surface area contributed by atoms with E-state index in [0.717, 1.165) is 37.7 Å². The van der Waals surface area contributed by atoms with Crippen LogP contribution in [-0.2, 0) is 25.6 Å². The molecule has 1 aliphatic rings. The Hall–Kier alpha value is -1.23. The van der Waals surface area contributed by atoms with E-state index in [4.69, 9.17) is 14.2 Å². The predicted molar refractivity (Wildman–Crippen MR) is 79.9 cm³/mol. The maximum absolute atomic E-state index is 10.7. The normalized spacial score (nSPS) is 20.1. The number of hydrogen-bond acceptors (Lipinski definition) is 4. The van der Waals surface area contributed by atoms with Crippen molar-refractivity contribution in [1.29, 1.82) is 0 Å². The van der Waals surface area contributed by atoms with E-state index < -0.39 is 0 Å². The first-order chi connectivity index (χ1) is 10.4. The first-order valence-corrected chi connectivity index (χ1v) is 7.71. The summed E-state index contributed by atoms with van der Waals surface area (Å²) in [7, 11) is 0. The van der Waals surface area contributed by atoms with Crippen molar-refractivity contribution in [3.05, 3.63) is 35.9 Å². The highest BCUT2D eigenvalue weighted by molar-refractivity contribution is 5.50. The molecule has 1 unspecified atom stereocenters. The van der Waals surface area contributed by atoms with Gasteiger partial charge in [0, 0.05) is 19.6 Å². The van der Waals surface area contributed by atoms with E-state index in [1.807, 2.05) is 30.3 Å². The van der Waals surface area contributed by atoms with Gasteiger partial charge in [-0.05, 0) is 31.2 Å². The van der Waals surface area contributed by atoms with Crippen LogP contribution in [0.2, 0.25) is 0 Å². The maximum Gasteiger partial charge on any atom is 0.157 e. The molecule has 1 heterocycles. The molecule has 0 saturated carbocycles. The molecule has 0 aromatic heterocycles. The molecular formula is C17H24O4. The minimum Gasteiger partial charge on any atom is -0.377 e. The number of carbonyl (C=O) groups excluding carboxylic acids is 1. The first kappa shape index (κ1) is 16.1. The second-order valence-corrected chi connectivity index (χ2v) is 5.28. The van der Waals surface area contributed by atoms with Crippen molar-refractivity contribution in [3.63, 3.8) is 0 Å². The topological polar surface area (TPSA) is 44.8 Å². The monoisotopic (exact) mass is 292 g/mol. The average Bonchev–Trinajstić information content (AvgIpc) is 2.54. The third-order valence-corrected chi connectivity index (χ3v) is 3.54. The molecule has 1 aliphatic heterocycles. The van der Waals surface area contributed by atoms with Crippen molar-refractivity contribution in [1.82, 2.24) is 0 Å². The van der Waals surface area contributed by atoms with Gasteiger partial charge in [-0.15, -0.1) is 0 Å². The Bertz CT molecular complexity index is 387. The van der Waals surface area contributed by atoms with Gasteiger partial charge >= 0.3 is 0 Å². The second-order valence-electron chi connectivity index (χ2n) is 5.28. The molecule has 4 heteroatoms. The van der Waals surface area contributed by atoms with Crippen molar-refractivity contribution >= 4 is 6.29 Å². The zero-order valence-corrected chi connectivity index (χ0v) is 12.4. The van der Waals surface area contributed by atoms with Gasteiger partial charge in [-0.3, -0.25) is 0 Å². The molecule has 0 bridgehead atoms. The second kappa shape index (κ2) is 9.66. The SMILES string of the molecule is O=CC[C@@H](CCOCc1ccccc1)OC1CCCCO1. The van der Waals surface area contributed by atoms with Gasteiger partial charge in [0.15, 0.2) is 6.29 Å². The lowest BCUT2D eigenvalue weighted by Crippen LogP contribution is -2.29. The van der Waals surface area contributed by atoms with Gasteiger partial charge in [0.2, 0.25) is 0 Å². The van der Waals surface area contributed by atoms with Gasteiger partial charge in [0.1, 0.15) is 6.29 Å². The fraction of sp³-hybridized carbons (Fsp3) is 0.588. The van der Waals surface area contributed by atoms with E-state index in [0.29, 0.717) is 26.1 Å². The molecule has 2 rings (SSSR count). The summed E-state index contributed by atoms with van der Waals surface area (Å²) < 4.78 is 17.1. The summed E-state index contributed by atoms with van der Waals surface area (Å²) in [4.78, 5) is 10.7. The Balaban J connectivity index is 1.65. The molecule has 2 atom stereocenters. The van der Waals surface area contributed by atoms with Gasteiger partial charge in [-0.1, -0.05) is 30.3 Å². The molecule has 1 fully saturated rings. The third-order valence-electron chi connectivity index (χ3n) is 3.54. The minimum absolute atomic E-state index is 0.110. The van der Waals surface area contributed by atoms with E-state index in [2.05, 4.69) is 0 Å². The van der Waals surface area contributed by atoms with E-state index in [9.17, 15) is 4.79 Å². The number of carbonyl (C=O) groups is 1. The fourth-order valence-corrected chi connectivity index (χ4v) is 2.36. The maximum atomic E-state index is 10.7. The van der Waals surface area contributed by atoms with Gasteiger partial charge in [-0.25, -0.2) is 0 Å². The minimum atomic E-state index is -0.155. The van der Waals surface area contributed by atoms with Crippen LogP contribution in [0, 0.1) is 0 Å². The van der Waals surface area contributed by atoms with E-state index in [-0.39, 0.29) is 12.4 Å². The highest BCUT2D eigenvalue weighted by atomic mass is 16.7. The molecule has 0 N–H and O–H groups in total. The van der Waals surface area contributed by atoms with Crippen LogP contribution in [-0.4, -0.2) is 31.9 Å². The summed E-state index contributed by atoms with van der Waals surface area (Å²) in [5, 5.41) is 0. The zero-order chi connectivity index (χ0) is 14.8. The Morgan fingerprint density at radius 1 is 1.29 bits per heavy atom. The Morgan fingerprint density at radius 2 is 2.14 bits per heavy atom. The predicted octanol–water partition coefficient (Wildman–Crippen LogP) is 3.09. The van der Waals surface area contributed by atoms with Crippen LogP contribution in [0.15, 0.2) is 30.3 Å². The van der Waals surface area contributed by atoms with Crippen molar-refractivity contribution in [2.45, 2.75) is 51.1 Å². The summed E-state index contributed by atoms with van der Waals surface area (Å²) in [6.45, 7) is 1.93. The van der Waals surface area contributed by atoms with Gasteiger partial charge in [0.25, 0.3) is 0 Å². The van der Waals surface area contributed by atoms with Gasteiger partial charge in [-0.2, -0.15) is 0 Å². The Labute approximate surface area is 126 Å². The van der Waals surface area contributed by atoms with Crippen LogP contribution < -0.4 is 0 Å². The average molecular weight is 292 g/mol. The smallest absolute Gasteiger partial charge is 0.157 e. The highest BCUT2D eigenvalue weighted by Gasteiger charge is 2.19. The molecule has 1 saturated heterocycles. The number of ether oxygens (including phenoxy) is 3. The zero-order valence-electron chi connectivity index (χ0n) is 12.4. The lowest BCUT2D eigenvalue weighted by atomic mass is 10.2. The summed E-state index contributed by atoms with van der Waals surface area (Å²) in [5.74, 6) is 0. The van der Waals surface area contributed by atoms with Gasteiger partial charge < -0.3 is 19.0 Å². The highest BCUT2D eigenvalue weighted by Crippen LogP contribution is 2.17. The molecule has 0 aliphatic carbocycles. The molecule has 1 aromatic rings. The van der Waals surface area contributed by atoms with E-state index in [1.54, 1.807) is 0 Å². The number of benzene rings is 1. The molecule has 0 radical (unpaired) electrons. The summed E-state index contributed by atoms with van der Waals surface area (Å²) in [6.07, 6.45) is 4.89. The lowest BCUT2D eigenvalue weighted by molar-refractivity contribution is -0.191. The standard InChI is InChI=1S/C17H24O4/c18-11-9-16(21-17-8-4-5-12-20-17)10-13-19-14-15-6-2-1-3-7-15/h1-3,6-7,11,16-17H,4-5,8-10,12-14H2/t16-,17?/m0/s1. The summed E-state index contributed by atoms with van der Waals surface area (Å²) in [5.41, 5.74) is 1.15. The third kappa shape index (κ3) is 6.38. The quantitative estimate of drug-likeness (QED) is 0.518. The van der Waals surface area contributed by atoms with Crippen LogP contribution in [0.5, 0.6) is 0 Å². The Kier molecular flexibility index (Phi) is 7.43. The number of hydrogen-bond donors (Lipinski definition) is 0. The van der Waals surface area contributed by atoms with Crippen molar-refractivity contribution in [2.24, 2.45) is 0 Å². The van der Waals surface area contributed by atoms with Crippen LogP contribution in [0.3, 0.4) is 0 Å². The first-order valence-electron chi connectivity index (χ1n) is 7.71. The molecule has 1 aromatic carbocycles. The van der Waals surface area contributed by atoms with Crippen LogP contribution in [0.25, 0.3) is 0 Å². The van der Waals surface area contributed by atoms with Crippen LogP contribution in [0.4, 0.5) is 0 Å². The van der Waals surface area contributed by atoms with E-state index >= 15 is 0 Å². The molecule has 4 nitrogen and oxygen atoms in total. The fourth-order valence-electron chi connectivity index (χ4n) is 2.36. The van der Waals surface area contributed by atoms with Crippen molar-refractivity contribution in [2.75, 3.05) is 13.2 Å². The largest absolute Gasteiger partial charge is 0.377 e. The van der Waals surface area contributed by atoms with E-state index in [1.165, 1.54) is 0 Å². The van der Waals surface area contributed by atoms with Crippen molar-refractivity contribution < 1.29 is 19.0 Å². The Morgan fingerprint density at radius 3 is 2.86 bits per heavy atom. The van der Waals surface area contributed by atoms with Crippen molar-refractivity contribution in [3.8, 4) is 0 Å². The number of rotatable bonds is 9. The molecule has 116 valence electrons. The molecular weight excluding hydrogens is 268 g/mol. The summed E-state index contributed by atoms with van der Waals surface area (Å²) >= 11 is 0. The lowest BCUT2D eigenvalue weighted by Gasteiger charge is -2.27. The molecule has 21 heavy (non-hydrogen) atoms.